The second-order valence-electron chi connectivity index (χ2n) is 6.40. The van der Waals surface area contributed by atoms with Gasteiger partial charge in [0.05, 0.1) is 7.11 Å². The maximum Gasteiger partial charge on any atom is 0.255 e. The summed E-state index contributed by atoms with van der Waals surface area (Å²) in [6, 6.07) is 25.2. The van der Waals surface area contributed by atoms with Crippen molar-refractivity contribution in [3.05, 3.63) is 113 Å². The van der Waals surface area contributed by atoms with Crippen LogP contribution in [0.5, 0.6) is 5.75 Å². The van der Waals surface area contributed by atoms with Crippen LogP contribution < -0.4 is 10.1 Å². The summed E-state index contributed by atoms with van der Waals surface area (Å²) in [5, 5.41) is 3.02. The van der Waals surface area contributed by atoms with Crippen LogP contribution in [0.2, 0.25) is 0 Å². The highest BCUT2D eigenvalue weighted by molar-refractivity contribution is 5.99. The number of nitrogens with one attached hydrogen (secondary N) is 1. The van der Waals surface area contributed by atoms with E-state index < -0.39 is 0 Å². The van der Waals surface area contributed by atoms with E-state index in [9.17, 15) is 4.79 Å². The first-order chi connectivity index (χ1) is 13.7. The topological polar surface area (TPSA) is 38.3 Å². The number of aryl methyl sites for hydroxylation is 1. The Labute approximate surface area is 166 Å². The summed E-state index contributed by atoms with van der Waals surface area (Å²) in [5.41, 5.74) is 4.46. The average molecular weight is 369 g/mol. The van der Waals surface area contributed by atoms with Gasteiger partial charge in [-0.1, -0.05) is 60.2 Å². The van der Waals surface area contributed by atoms with Crippen molar-refractivity contribution in [3.8, 4) is 5.75 Å². The Morgan fingerprint density at radius 2 is 1.50 bits per heavy atom. The van der Waals surface area contributed by atoms with E-state index in [1.165, 1.54) is 0 Å². The third-order valence-electron chi connectivity index (χ3n) is 4.31. The van der Waals surface area contributed by atoms with Crippen molar-refractivity contribution < 1.29 is 9.53 Å². The summed E-state index contributed by atoms with van der Waals surface area (Å²) in [6.45, 7) is 2.00. The fourth-order valence-electron chi connectivity index (χ4n) is 2.70. The Bertz CT molecular complexity index is 969. The third kappa shape index (κ3) is 5.21. The highest BCUT2D eigenvalue weighted by atomic mass is 16.5. The lowest BCUT2D eigenvalue weighted by atomic mass is 10.1. The fourth-order valence-corrected chi connectivity index (χ4v) is 2.70. The van der Waals surface area contributed by atoms with Gasteiger partial charge in [-0.25, -0.2) is 0 Å². The monoisotopic (exact) mass is 369 g/mol. The molecule has 1 amide bonds. The molecule has 0 aliphatic carbocycles. The van der Waals surface area contributed by atoms with Crippen LogP contribution in [0.1, 0.15) is 27.0 Å². The first-order valence-corrected chi connectivity index (χ1v) is 9.11. The van der Waals surface area contributed by atoms with E-state index in [1.54, 1.807) is 7.11 Å². The van der Waals surface area contributed by atoms with Gasteiger partial charge in [-0.15, -0.1) is 0 Å². The number of hydrogen-bond donors (Lipinski definition) is 1. The van der Waals surface area contributed by atoms with Crippen molar-refractivity contribution in [2.45, 2.75) is 6.92 Å². The lowest BCUT2D eigenvalue weighted by Gasteiger charge is -2.11. The molecule has 3 nitrogen and oxygen atoms in total. The predicted octanol–water partition coefficient (Wildman–Crippen LogP) is 5.49. The van der Waals surface area contributed by atoms with E-state index >= 15 is 0 Å². The van der Waals surface area contributed by atoms with Gasteiger partial charge in [-0.3, -0.25) is 4.79 Å². The van der Waals surface area contributed by atoms with E-state index in [2.05, 4.69) is 5.32 Å². The first kappa shape index (κ1) is 19.2. The van der Waals surface area contributed by atoms with E-state index in [4.69, 9.17) is 4.74 Å². The number of allylic oxidation sites excluding steroid dienone is 2. The second-order valence-corrected chi connectivity index (χ2v) is 6.40. The van der Waals surface area contributed by atoms with Gasteiger partial charge in [-0.05, 0) is 60.5 Å². The molecule has 28 heavy (non-hydrogen) atoms. The molecule has 0 radical (unpaired) electrons. The van der Waals surface area contributed by atoms with Crippen LogP contribution in [-0.4, -0.2) is 13.0 Å². The summed E-state index contributed by atoms with van der Waals surface area (Å²) < 4.78 is 5.23. The maximum absolute atomic E-state index is 12.7. The molecule has 0 aliphatic heterocycles. The van der Waals surface area contributed by atoms with Gasteiger partial charge in [0, 0.05) is 11.3 Å². The van der Waals surface area contributed by atoms with Crippen LogP contribution >= 0.6 is 0 Å². The Balaban J connectivity index is 1.86. The van der Waals surface area contributed by atoms with Crippen LogP contribution in [0.25, 0.3) is 11.8 Å². The van der Waals surface area contributed by atoms with Gasteiger partial charge in [0.15, 0.2) is 0 Å². The van der Waals surface area contributed by atoms with Gasteiger partial charge in [-0.2, -0.15) is 0 Å². The number of hydrogen-bond acceptors (Lipinski definition) is 2. The van der Waals surface area contributed by atoms with Crippen molar-refractivity contribution in [2.75, 3.05) is 7.11 Å². The van der Waals surface area contributed by atoms with E-state index in [0.29, 0.717) is 5.56 Å². The van der Waals surface area contributed by atoms with Crippen LogP contribution in [0.15, 0.2) is 91.0 Å². The molecule has 3 rings (SSSR count). The SMILES string of the molecule is COc1ccc(/C(=C\C=C\c2ccccc2)NC(=O)c2ccc(C)cc2)cc1. The number of rotatable bonds is 6. The molecule has 0 bridgehead atoms. The van der Waals surface area contributed by atoms with Crippen molar-refractivity contribution in [1.82, 2.24) is 5.32 Å². The van der Waals surface area contributed by atoms with E-state index in [-0.39, 0.29) is 5.91 Å². The van der Waals surface area contributed by atoms with Crippen molar-refractivity contribution in [1.29, 1.82) is 0 Å². The summed E-state index contributed by atoms with van der Waals surface area (Å²) in [7, 11) is 1.63. The largest absolute Gasteiger partial charge is 0.497 e. The zero-order chi connectivity index (χ0) is 19.8. The molecular formula is C25H23NO2. The molecule has 3 heteroatoms. The van der Waals surface area contributed by atoms with Gasteiger partial charge in [0.1, 0.15) is 5.75 Å². The Morgan fingerprint density at radius 1 is 0.857 bits per heavy atom. The number of carbonyl (C=O) groups excluding carboxylic acids is 1. The molecule has 0 aliphatic rings. The Kier molecular flexibility index (Phi) is 6.42. The number of amides is 1. The van der Waals surface area contributed by atoms with Crippen molar-refractivity contribution in [2.24, 2.45) is 0 Å². The number of carbonyl (C=O) groups is 1. The fraction of sp³-hybridized carbons (Fsp3) is 0.0800. The predicted molar refractivity (Wildman–Crippen MR) is 115 cm³/mol. The molecule has 0 unspecified atom stereocenters. The minimum absolute atomic E-state index is 0.143. The quantitative estimate of drug-likeness (QED) is 0.584. The minimum atomic E-state index is -0.143. The molecule has 0 saturated heterocycles. The molecular weight excluding hydrogens is 346 g/mol. The van der Waals surface area contributed by atoms with Crippen molar-refractivity contribution in [3.63, 3.8) is 0 Å². The summed E-state index contributed by atoms with van der Waals surface area (Å²) in [6.07, 6.45) is 5.84. The molecule has 3 aromatic rings. The third-order valence-corrected chi connectivity index (χ3v) is 4.31. The van der Waals surface area contributed by atoms with Gasteiger partial charge < -0.3 is 10.1 Å². The Hall–Kier alpha value is -3.59. The lowest BCUT2D eigenvalue weighted by molar-refractivity contribution is 0.0973. The maximum atomic E-state index is 12.7. The van der Waals surface area contributed by atoms with Crippen LogP contribution in [0.3, 0.4) is 0 Å². The molecule has 140 valence electrons. The van der Waals surface area contributed by atoms with Crippen LogP contribution in [0.4, 0.5) is 0 Å². The van der Waals surface area contributed by atoms with Gasteiger partial charge in [0.2, 0.25) is 0 Å². The highest BCUT2D eigenvalue weighted by Crippen LogP contribution is 2.18. The number of methoxy groups -OCH3 is 1. The lowest BCUT2D eigenvalue weighted by Crippen LogP contribution is -2.21. The molecule has 1 N–H and O–H groups in total. The number of benzene rings is 3. The molecule has 0 saturated carbocycles. The Morgan fingerprint density at radius 3 is 2.14 bits per heavy atom. The molecule has 3 aromatic carbocycles. The number of ether oxygens (including phenoxy) is 1. The van der Waals surface area contributed by atoms with Gasteiger partial charge in [0.25, 0.3) is 5.91 Å². The molecule has 0 aromatic heterocycles. The summed E-state index contributed by atoms with van der Waals surface area (Å²) in [5.74, 6) is 0.628. The average Bonchev–Trinajstić information content (AvgIpc) is 2.74. The zero-order valence-corrected chi connectivity index (χ0v) is 16.1. The van der Waals surface area contributed by atoms with Crippen molar-refractivity contribution >= 4 is 17.7 Å². The first-order valence-electron chi connectivity index (χ1n) is 9.11. The summed E-state index contributed by atoms with van der Waals surface area (Å²) in [4.78, 5) is 12.7. The van der Waals surface area contributed by atoms with E-state index in [1.807, 2.05) is 104 Å². The standard InChI is InChI=1S/C25H23NO2/c1-19-11-13-22(14-12-19)25(27)26-24(21-15-17-23(28-2)18-16-21)10-6-9-20-7-4-3-5-8-20/h3-18H,1-2H3,(H,26,27)/b9-6+,24-10+. The smallest absolute Gasteiger partial charge is 0.255 e. The second kappa shape index (κ2) is 9.38. The summed E-state index contributed by atoms with van der Waals surface area (Å²) >= 11 is 0. The molecule has 0 heterocycles. The molecule has 0 spiro atoms. The van der Waals surface area contributed by atoms with Gasteiger partial charge >= 0.3 is 0 Å². The molecule has 0 fully saturated rings. The highest BCUT2D eigenvalue weighted by Gasteiger charge is 2.09. The van der Waals surface area contributed by atoms with E-state index in [0.717, 1.165) is 28.1 Å². The normalized spacial score (nSPS) is 11.4. The zero-order valence-electron chi connectivity index (χ0n) is 16.1. The minimum Gasteiger partial charge on any atom is -0.497 e. The van der Waals surface area contributed by atoms with Crippen LogP contribution in [-0.2, 0) is 0 Å². The molecule has 0 atom stereocenters. The van der Waals surface area contributed by atoms with Crippen LogP contribution in [0, 0.1) is 6.92 Å².